The molecule has 0 atom stereocenters. The molecule has 2 heterocycles. The molecule has 0 radical (unpaired) electrons. The smallest absolute Gasteiger partial charge is 0.255 e. The number of aromatic nitrogens is 2. The third-order valence-corrected chi connectivity index (χ3v) is 4.72. The van der Waals surface area contributed by atoms with E-state index in [9.17, 15) is 4.79 Å². The van der Waals surface area contributed by atoms with E-state index < -0.39 is 0 Å². The molecule has 0 fully saturated rings. The molecule has 0 spiro atoms. The van der Waals surface area contributed by atoms with Crippen LogP contribution in [0.4, 0.5) is 5.69 Å². The zero-order valence-electron chi connectivity index (χ0n) is 14.8. The van der Waals surface area contributed by atoms with Gasteiger partial charge in [0.25, 0.3) is 5.91 Å². The van der Waals surface area contributed by atoms with Crippen molar-refractivity contribution in [2.24, 2.45) is 0 Å². The van der Waals surface area contributed by atoms with Crippen LogP contribution in [0.1, 0.15) is 21.5 Å². The number of fused-ring (bicyclic) bond motifs is 1. The van der Waals surface area contributed by atoms with Crippen LogP contribution in [-0.2, 0) is 0 Å². The van der Waals surface area contributed by atoms with Crippen molar-refractivity contribution >= 4 is 34.4 Å². The molecule has 1 N–H and O–H groups in total. The highest BCUT2D eigenvalue weighted by Gasteiger charge is 2.14. The van der Waals surface area contributed by atoms with Crippen molar-refractivity contribution in [2.75, 3.05) is 5.32 Å². The number of amides is 1. The number of hydrogen-bond donors (Lipinski definition) is 1. The molecule has 6 heteroatoms. The molecule has 0 saturated carbocycles. The van der Waals surface area contributed by atoms with Crippen LogP contribution in [-0.4, -0.2) is 15.9 Å². The molecule has 2 aromatic carbocycles. The first kappa shape index (κ1) is 17.2. The van der Waals surface area contributed by atoms with E-state index in [1.807, 2.05) is 26.0 Å². The topological polar surface area (TPSA) is 68.0 Å². The first-order chi connectivity index (χ1) is 13.0. The Balaban J connectivity index is 1.65. The zero-order chi connectivity index (χ0) is 19.0. The lowest BCUT2D eigenvalue weighted by Gasteiger charge is -2.09. The van der Waals surface area contributed by atoms with Gasteiger partial charge in [0.1, 0.15) is 0 Å². The van der Waals surface area contributed by atoms with Gasteiger partial charge >= 0.3 is 0 Å². The second kappa shape index (κ2) is 6.85. The van der Waals surface area contributed by atoms with Gasteiger partial charge in [-0.1, -0.05) is 17.7 Å². The largest absolute Gasteiger partial charge is 0.434 e. The molecule has 0 aliphatic heterocycles. The molecular formula is C21H16ClN3O2. The predicted octanol–water partition coefficient (Wildman–Crippen LogP) is 5.41. The molecule has 27 heavy (non-hydrogen) atoms. The first-order valence-electron chi connectivity index (χ1n) is 8.41. The minimum Gasteiger partial charge on any atom is -0.434 e. The molecule has 0 bridgehead atoms. The standard InChI is InChI=1S/C21H16ClN3O2/c1-12-5-6-14(10-13(12)2)20(26)24-15-7-8-17(22)16(11-15)21-25-19-18(27-21)4-3-9-23-19/h3-11H,1-2H3,(H,24,26). The van der Waals surface area contributed by atoms with Crippen molar-refractivity contribution in [3.05, 3.63) is 76.4 Å². The van der Waals surface area contributed by atoms with Gasteiger partial charge in [0.2, 0.25) is 5.89 Å². The van der Waals surface area contributed by atoms with Crippen molar-refractivity contribution in [1.82, 2.24) is 9.97 Å². The number of carbonyl (C=O) groups excluding carboxylic acids is 1. The molecule has 0 aliphatic rings. The van der Waals surface area contributed by atoms with Crippen LogP contribution in [0.25, 0.3) is 22.7 Å². The zero-order valence-corrected chi connectivity index (χ0v) is 15.5. The molecule has 1 amide bonds. The van der Waals surface area contributed by atoms with Gasteiger partial charge < -0.3 is 9.73 Å². The van der Waals surface area contributed by atoms with Gasteiger partial charge in [0, 0.05) is 17.4 Å². The molecular weight excluding hydrogens is 362 g/mol. The van der Waals surface area contributed by atoms with Crippen LogP contribution in [0.5, 0.6) is 0 Å². The monoisotopic (exact) mass is 377 g/mol. The Morgan fingerprint density at radius 1 is 1.07 bits per heavy atom. The second-order valence-corrected chi connectivity index (χ2v) is 6.70. The highest BCUT2D eigenvalue weighted by atomic mass is 35.5. The van der Waals surface area contributed by atoms with E-state index in [0.29, 0.717) is 39.0 Å². The highest BCUT2D eigenvalue weighted by molar-refractivity contribution is 6.33. The van der Waals surface area contributed by atoms with Crippen LogP contribution in [0.15, 0.2) is 59.1 Å². The Bertz CT molecular complexity index is 1130. The predicted molar refractivity (Wildman–Crippen MR) is 106 cm³/mol. The summed E-state index contributed by atoms with van der Waals surface area (Å²) in [6, 6.07) is 14.4. The van der Waals surface area contributed by atoms with Gasteiger partial charge in [0.05, 0.1) is 10.6 Å². The summed E-state index contributed by atoms with van der Waals surface area (Å²) in [6.45, 7) is 3.99. The third-order valence-electron chi connectivity index (χ3n) is 4.39. The molecule has 5 nitrogen and oxygen atoms in total. The number of halogens is 1. The lowest BCUT2D eigenvalue weighted by molar-refractivity contribution is 0.102. The summed E-state index contributed by atoms with van der Waals surface area (Å²) in [6.07, 6.45) is 1.65. The Hall–Kier alpha value is -3.18. The molecule has 4 aromatic rings. The minimum absolute atomic E-state index is 0.189. The summed E-state index contributed by atoms with van der Waals surface area (Å²) in [5, 5.41) is 3.37. The lowest BCUT2D eigenvalue weighted by Crippen LogP contribution is -2.12. The van der Waals surface area contributed by atoms with E-state index in [0.717, 1.165) is 11.1 Å². The molecule has 0 saturated heterocycles. The van der Waals surface area contributed by atoms with Crippen LogP contribution in [0.2, 0.25) is 5.02 Å². The van der Waals surface area contributed by atoms with Crippen molar-refractivity contribution < 1.29 is 9.21 Å². The SMILES string of the molecule is Cc1ccc(C(=O)Nc2ccc(Cl)c(-c3nc4ncccc4o3)c2)cc1C. The van der Waals surface area contributed by atoms with Crippen molar-refractivity contribution in [3.63, 3.8) is 0 Å². The van der Waals surface area contributed by atoms with Gasteiger partial charge in [0.15, 0.2) is 11.2 Å². The molecule has 2 aromatic heterocycles. The van der Waals surface area contributed by atoms with E-state index in [2.05, 4.69) is 15.3 Å². The van der Waals surface area contributed by atoms with Gasteiger partial charge in [-0.05, 0) is 67.4 Å². The van der Waals surface area contributed by atoms with Gasteiger partial charge in [-0.2, -0.15) is 4.98 Å². The van der Waals surface area contributed by atoms with Gasteiger partial charge in [-0.25, -0.2) is 4.98 Å². The Morgan fingerprint density at radius 3 is 2.70 bits per heavy atom. The lowest BCUT2D eigenvalue weighted by atomic mass is 10.1. The maximum atomic E-state index is 12.6. The summed E-state index contributed by atoms with van der Waals surface area (Å²) >= 11 is 6.32. The van der Waals surface area contributed by atoms with Crippen LogP contribution < -0.4 is 5.32 Å². The first-order valence-corrected chi connectivity index (χ1v) is 8.79. The third kappa shape index (κ3) is 3.41. The Morgan fingerprint density at radius 2 is 1.93 bits per heavy atom. The quantitative estimate of drug-likeness (QED) is 0.518. The number of benzene rings is 2. The van der Waals surface area contributed by atoms with Crippen LogP contribution >= 0.6 is 11.6 Å². The molecule has 0 unspecified atom stereocenters. The highest BCUT2D eigenvalue weighted by Crippen LogP contribution is 2.32. The number of nitrogens with zero attached hydrogens (tertiary/aromatic N) is 2. The fourth-order valence-corrected chi connectivity index (χ4v) is 2.94. The van der Waals surface area contributed by atoms with E-state index >= 15 is 0 Å². The van der Waals surface area contributed by atoms with E-state index in [1.54, 1.807) is 42.6 Å². The summed E-state index contributed by atoms with van der Waals surface area (Å²) in [5.74, 6) is 0.168. The summed E-state index contributed by atoms with van der Waals surface area (Å²) in [5.41, 5.74) is 5.09. The number of oxazole rings is 1. The number of anilines is 1. The maximum absolute atomic E-state index is 12.6. The fraction of sp³-hybridized carbons (Fsp3) is 0.0952. The molecule has 134 valence electrons. The fourth-order valence-electron chi connectivity index (χ4n) is 2.74. The maximum Gasteiger partial charge on any atom is 0.255 e. The van der Waals surface area contributed by atoms with Crippen molar-refractivity contribution in [3.8, 4) is 11.5 Å². The molecule has 0 aliphatic carbocycles. The number of rotatable bonds is 3. The Labute approximate surface area is 161 Å². The number of pyridine rings is 1. The van der Waals surface area contributed by atoms with Crippen LogP contribution in [0, 0.1) is 13.8 Å². The molecule has 4 rings (SSSR count). The van der Waals surface area contributed by atoms with E-state index in [-0.39, 0.29) is 5.91 Å². The average Bonchev–Trinajstić information content (AvgIpc) is 3.09. The number of carbonyl (C=O) groups is 1. The number of hydrogen-bond acceptors (Lipinski definition) is 4. The number of aryl methyl sites for hydroxylation is 2. The Kier molecular flexibility index (Phi) is 4.38. The number of nitrogens with one attached hydrogen (secondary N) is 1. The second-order valence-electron chi connectivity index (χ2n) is 6.29. The summed E-state index contributed by atoms with van der Waals surface area (Å²) in [4.78, 5) is 21.1. The van der Waals surface area contributed by atoms with Gasteiger partial charge in [-0.15, -0.1) is 0 Å². The summed E-state index contributed by atoms with van der Waals surface area (Å²) < 4.78 is 5.74. The normalized spacial score (nSPS) is 10.9. The van der Waals surface area contributed by atoms with Crippen molar-refractivity contribution in [1.29, 1.82) is 0 Å². The summed E-state index contributed by atoms with van der Waals surface area (Å²) in [7, 11) is 0. The van der Waals surface area contributed by atoms with Crippen molar-refractivity contribution in [2.45, 2.75) is 13.8 Å². The van der Waals surface area contributed by atoms with Crippen LogP contribution in [0.3, 0.4) is 0 Å². The van der Waals surface area contributed by atoms with Gasteiger partial charge in [-0.3, -0.25) is 4.79 Å². The van der Waals surface area contributed by atoms with E-state index in [4.69, 9.17) is 16.0 Å². The minimum atomic E-state index is -0.189. The average molecular weight is 378 g/mol. The van der Waals surface area contributed by atoms with E-state index in [1.165, 1.54) is 0 Å².